The van der Waals surface area contributed by atoms with Gasteiger partial charge in [0.15, 0.2) is 5.76 Å². The van der Waals surface area contributed by atoms with Gasteiger partial charge in [0.05, 0.1) is 31.3 Å². The van der Waals surface area contributed by atoms with E-state index in [2.05, 4.69) is 27.7 Å². The van der Waals surface area contributed by atoms with Gasteiger partial charge < -0.3 is 14.2 Å². The third kappa shape index (κ3) is 1.36. The van der Waals surface area contributed by atoms with E-state index in [0.717, 1.165) is 25.9 Å². The number of carbonyl (C=O) groups excluding carboxylic acids is 1. The van der Waals surface area contributed by atoms with Crippen molar-refractivity contribution in [3.63, 3.8) is 0 Å². The van der Waals surface area contributed by atoms with E-state index in [1.807, 2.05) is 0 Å². The fourth-order valence-electron chi connectivity index (χ4n) is 8.51. The number of ketones is 1. The highest BCUT2D eigenvalue weighted by molar-refractivity contribution is 6.02. The van der Waals surface area contributed by atoms with Crippen molar-refractivity contribution in [3.05, 3.63) is 11.3 Å². The maximum atomic E-state index is 13.9. The quantitative estimate of drug-likeness (QED) is 0.752. The first-order valence-electron chi connectivity index (χ1n) is 10.2. The number of rotatable bonds is 2. The van der Waals surface area contributed by atoms with Gasteiger partial charge in [0.25, 0.3) is 0 Å². The lowest BCUT2D eigenvalue weighted by molar-refractivity contribution is -0.368. The second-order valence-corrected chi connectivity index (χ2v) is 10.2. The second-order valence-electron chi connectivity index (χ2n) is 10.2. The molecule has 0 radical (unpaired) electrons. The standard InChI is InChI=1S/C22H32O4/c1-12-7-8-19(2)11-22-13-10-26-14(13)9-15(24-5)20(22,3)18(23)17(25-6)16(12)21(19,22)4/h12-15H,7-11H2,1-6H3. The largest absolute Gasteiger partial charge is 0.493 e. The lowest BCUT2D eigenvalue weighted by Crippen LogP contribution is -2.84. The summed E-state index contributed by atoms with van der Waals surface area (Å²) in [6.45, 7) is 10.1. The predicted octanol–water partition coefficient (Wildman–Crippen LogP) is 3.74. The topological polar surface area (TPSA) is 44.8 Å². The van der Waals surface area contributed by atoms with Crippen LogP contribution in [0.15, 0.2) is 11.3 Å². The molecule has 1 aliphatic heterocycles. The van der Waals surface area contributed by atoms with Crippen molar-refractivity contribution >= 4 is 5.78 Å². The number of hydrogen-bond acceptors (Lipinski definition) is 4. The number of methoxy groups -OCH3 is 2. The van der Waals surface area contributed by atoms with Gasteiger partial charge >= 0.3 is 0 Å². The summed E-state index contributed by atoms with van der Waals surface area (Å²) in [5, 5.41) is 0. The normalized spacial score (nSPS) is 57.4. The third-order valence-electron chi connectivity index (χ3n) is 9.93. The fourth-order valence-corrected chi connectivity index (χ4v) is 8.51. The van der Waals surface area contributed by atoms with E-state index in [4.69, 9.17) is 14.2 Å². The molecule has 4 fully saturated rings. The Kier molecular flexibility index (Phi) is 3.15. The van der Waals surface area contributed by atoms with E-state index in [1.165, 1.54) is 12.0 Å². The van der Waals surface area contributed by atoms with Crippen LogP contribution in [0.25, 0.3) is 0 Å². The lowest BCUT2D eigenvalue weighted by atomic mass is 9.20. The van der Waals surface area contributed by atoms with Gasteiger partial charge in [-0.3, -0.25) is 4.79 Å². The number of ether oxygens (including phenoxy) is 3. The molecule has 26 heavy (non-hydrogen) atoms. The Morgan fingerprint density at radius 3 is 2.50 bits per heavy atom. The van der Waals surface area contributed by atoms with Gasteiger partial charge in [-0.05, 0) is 43.1 Å². The van der Waals surface area contributed by atoms with Crippen LogP contribution >= 0.6 is 0 Å². The number of allylic oxidation sites excluding steroid dienone is 2. The van der Waals surface area contributed by atoms with E-state index < -0.39 is 5.41 Å². The minimum Gasteiger partial charge on any atom is -0.493 e. The molecular weight excluding hydrogens is 328 g/mol. The number of carbonyl (C=O) groups is 1. The van der Waals surface area contributed by atoms with E-state index in [0.29, 0.717) is 17.6 Å². The van der Waals surface area contributed by atoms with Crippen molar-refractivity contribution in [2.24, 2.45) is 33.5 Å². The molecule has 0 bridgehead atoms. The number of fused-ring (bicyclic) bond motifs is 1. The summed E-state index contributed by atoms with van der Waals surface area (Å²) < 4.78 is 17.8. The molecule has 1 saturated heterocycles. The molecule has 8 unspecified atom stereocenters. The van der Waals surface area contributed by atoms with Crippen molar-refractivity contribution in [2.75, 3.05) is 20.8 Å². The molecule has 4 aliphatic carbocycles. The first-order valence-corrected chi connectivity index (χ1v) is 10.2. The fraction of sp³-hybridized carbons (Fsp3) is 0.864. The first-order chi connectivity index (χ1) is 12.2. The highest BCUT2D eigenvalue weighted by Crippen LogP contribution is 2.87. The summed E-state index contributed by atoms with van der Waals surface area (Å²) in [6.07, 6.45) is 4.43. The monoisotopic (exact) mass is 360 g/mol. The van der Waals surface area contributed by atoms with Gasteiger partial charge in [-0.15, -0.1) is 0 Å². The Bertz CT molecular complexity index is 728. The van der Waals surface area contributed by atoms with E-state index >= 15 is 0 Å². The summed E-state index contributed by atoms with van der Waals surface area (Å²) >= 11 is 0. The summed E-state index contributed by atoms with van der Waals surface area (Å²) in [7, 11) is 3.43. The van der Waals surface area contributed by atoms with Gasteiger partial charge in [-0.25, -0.2) is 0 Å². The van der Waals surface area contributed by atoms with Crippen LogP contribution in [-0.4, -0.2) is 38.8 Å². The molecule has 0 aromatic rings. The minimum atomic E-state index is -0.535. The van der Waals surface area contributed by atoms with Crippen molar-refractivity contribution in [1.29, 1.82) is 0 Å². The van der Waals surface area contributed by atoms with Crippen molar-refractivity contribution in [2.45, 2.75) is 65.6 Å². The molecule has 3 saturated carbocycles. The van der Waals surface area contributed by atoms with Crippen LogP contribution in [0.5, 0.6) is 0 Å². The van der Waals surface area contributed by atoms with Gasteiger partial charge in [-0.2, -0.15) is 0 Å². The van der Waals surface area contributed by atoms with Gasteiger partial charge in [-0.1, -0.05) is 20.8 Å². The molecule has 5 rings (SSSR count). The highest BCUT2D eigenvalue weighted by Gasteiger charge is 2.86. The SMILES string of the molecule is COC1=C2C(C)CCC3(C)CC4(C5COC5CC(OC)C4(C)C1=O)C23C. The Hall–Kier alpha value is -0.870. The van der Waals surface area contributed by atoms with Crippen molar-refractivity contribution in [3.8, 4) is 0 Å². The van der Waals surface area contributed by atoms with Crippen molar-refractivity contribution < 1.29 is 19.0 Å². The smallest absolute Gasteiger partial charge is 0.206 e. The lowest BCUT2D eigenvalue weighted by Gasteiger charge is -2.83. The average Bonchev–Trinajstić information content (AvgIpc) is 2.58. The maximum Gasteiger partial charge on any atom is 0.206 e. The summed E-state index contributed by atoms with van der Waals surface area (Å²) in [5.41, 5.74) is 0.906. The van der Waals surface area contributed by atoms with Gasteiger partial charge in [0, 0.05) is 30.3 Å². The van der Waals surface area contributed by atoms with Crippen LogP contribution in [0.4, 0.5) is 0 Å². The molecule has 1 heterocycles. The van der Waals surface area contributed by atoms with Crippen LogP contribution < -0.4 is 0 Å². The van der Waals surface area contributed by atoms with Gasteiger partial charge in [0.2, 0.25) is 5.78 Å². The molecule has 5 aliphatic rings. The first kappa shape index (κ1) is 17.2. The molecule has 8 atom stereocenters. The molecule has 0 aromatic heterocycles. The van der Waals surface area contributed by atoms with Crippen LogP contribution in [-0.2, 0) is 19.0 Å². The second kappa shape index (κ2) is 4.75. The highest BCUT2D eigenvalue weighted by atomic mass is 16.5. The van der Waals surface area contributed by atoms with Crippen LogP contribution in [0.3, 0.4) is 0 Å². The number of hydrogen-bond donors (Lipinski definition) is 0. The van der Waals surface area contributed by atoms with E-state index in [9.17, 15) is 4.79 Å². The Labute approximate surface area is 156 Å². The van der Waals surface area contributed by atoms with Gasteiger partial charge in [0.1, 0.15) is 0 Å². The van der Waals surface area contributed by atoms with Crippen LogP contribution in [0.1, 0.15) is 53.4 Å². The molecule has 1 spiro atoms. The molecular formula is C22H32O4. The van der Waals surface area contributed by atoms with Crippen LogP contribution in [0, 0.1) is 33.5 Å². The maximum absolute atomic E-state index is 13.9. The predicted molar refractivity (Wildman–Crippen MR) is 97.5 cm³/mol. The zero-order valence-electron chi connectivity index (χ0n) is 17.0. The summed E-state index contributed by atoms with van der Waals surface area (Å²) in [4.78, 5) is 13.9. The zero-order chi connectivity index (χ0) is 18.7. The molecule has 0 amide bonds. The van der Waals surface area contributed by atoms with Crippen molar-refractivity contribution in [1.82, 2.24) is 0 Å². The van der Waals surface area contributed by atoms with E-state index in [-0.39, 0.29) is 34.2 Å². The molecule has 4 nitrogen and oxygen atoms in total. The Balaban J connectivity index is 1.84. The number of Topliss-reactive ketones (excluding diaryl/α,β-unsaturated/α-hetero) is 1. The third-order valence-corrected chi connectivity index (χ3v) is 9.93. The minimum absolute atomic E-state index is 0.0183. The zero-order valence-corrected chi connectivity index (χ0v) is 17.0. The Morgan fingerprint density at radius 1 is 1.19 bits per heavy atom. The molecule has 0 aromatic carbocycles. The average molecular weight is 360 g/mol. The van der Waals surface area contributed by atoms with E-state index in [1.54, 1.807) is 14.2 Å². The Morgan fingerprint density at radius 2 is 1.92 bits per heavy atom. The molecule has 144 valence electrons. The molecule has 0 N–H and O–H groups in total. The summed E-state index contributed by atoms with van der Waals surface area (Å²) in [5.74, 6) is 1.68. The van der Waals surface area contributed by atoms with Crippen LogP contribution in [0.2, 0.25) is 0 Å². The molecule has 4 heteroatoms. The summed E-state index contributed by atoms with van der Waals surface area (Å²) in [6, 6.07) is 0.